The van der Waals surface area contributed by atoms with Crippen LogP contribution < -0.4 is 5.32 Å². The van der Waals surface area contributed by atoms with Gasteiger partial charge in [-0.1, -0.05) is 12.1 Å². The van der Waals surface area contributed by atoms with Crippen LogP contribution in [0.3, 0.4) is 0 Å². The van der Waals surface area contributed by atoms with Crippen LogP contribution in [0.2, 0.25) is 0 Å². The van der Waals surface area contributed by atoms with E-state index >= 15 is 0 Å². The molecule has 142 valence electrons. The molecule has 3 heterocycles. The molecule has 0 aliphatic carbocycles. The number of aromatic nitrogens is 4. The van der Waals surface area contributed by atoms with Crippen LogP contribution in [0.1, 0.15) is 18.4 Å². The minimum Gasteiger partial charge on any atom is -0.353 e. The van der Waals surface area contributed by atoms with Crippen molar-refractivity contribution in [2.75, 3.05) is 33.2 Å². The number of hydrogen-bond donors (Lipinski definition) is 1. The first kappa shape index (κ1) is 17.6. The molecular weight excluding hydrogens is 346 g/mol. The summed E-state index contributed by atoms with van der Waals surface area (Å²) in [6.07, 6.45) is 3.24. The molecular formula is C18H23N7O2. The van der Waals surface area contributed by atoms with Gasteiger partial charge >= 0.3 is 0 Å². The standard InChI is InChI=1S/C18H23N7O2/c1-23-11-8-19-17(27)18(23)6-9-24(10-7-18)16(26)12-14-2-4-15(5-3-14)25-13-20-21-22-25/h2-5,13H,6-12H2,1H3,(H,19,27). The lowest BCUT2D eigenvalue weighted by atomic mass is 9.83. The van der Waals surface area contributed by atoms with Gasteiger partial charge in [-0.15, -0.1) is 5.10 Å². The molecule has 0 unspecified atom stereocenters. The third-order valence-electron chi connectivity index (χ3n) is 5.73. The molecule has 9 nitrogen and oxygen atoms in total. The van der Waals surface area contributed by atoms with Gasteiger partial charge < -0.3 is 10.2 Å². The lowest BCUT2D eigenvalue weighted by molar-refractivity contribution is -0.144. The first-order valence-electron chi connectivity index (χ1n) is 9.18. The third-order valence-corrected chi connectivity index (χ3v) is 5.73. The summed E-state index contributed by atoms with van der Waals surface area (Å²) < 4.78 is 1.57. The molecule has 9 heteroatoms. The van der Waals surface area contributed by atoms with Crippen molar-refractivity contribution >= 4 is 11.8 Å². The highest BCUT2D eigenvalue weighted by Crippen LogP contribution is 2.30. The van der Waals surface area contributed by atoms with E-state index < -0.39 is 5.54 Å². The van der Waals surface area contributed by atoms with Crippen LogP contribution in [-0.4, -0.2) is 80.6 Å². The molecule has 0 saturated carbocycles. The average Bonchev–Trinajstić information content (AvgIpc) is 3.22. The van der Waals surface area contributed by atoms with Gasteiger partial charge in [-0.2, -0.15) is 0 Å². The van der Waals surface area contributed by atoms with Gasteiger partial charge in [0.25, 0.3) is 0 Å². The summed E-state index contributed by atoms with van der Waals surface area (Å²) in [5, 5.41) is 14.1. The van der Waals surface area contributed by atoms with E-state index in [1.165, 1.54) is 6.33 Å². The van der Waals surface area contributed by atoms with Crippen molar-refractivity contribution in [3.8, 4) is 5.69 Å². The molecule has 2 amide bonds. The summed E-state index contributed by atoms with van der Waals surface area (Å²) in [7, 11) is 2.00. The number of piperidine rings is 1. The molecule has 0 radical (unpaired) electrons. The normalized spacial score (nSPS) is 19.9. The number of carbonyl (C=O) groups excluding carboxylic acids is 2. The lowest BCUT2D eigenvalue weighted by Gasteiger charge is -2.48. The Bertz CT molecular complexity index is 811. The summed E-state index contributed by atoms with van der Waals surface area (Å²) >= 11 is 0. The largest absolute Gasteiger partial charge is 0.353 e. The van der Waals surface area contributed by atoms with Crippen LogP contribution in [0, 0.1) is 0 Å². The van der Waals surface area contributed by atoms with Gasteiger partial charge in [0, 0.05) is 26.2 Å². The number of nitrogens with zero attached hydrogens (tertiary/aromatic N) is 6. The van der Waals surface area contributed by atoms with E-state index in [2.05, 4.69) is 25.7 Å². The Balaban J connectivity index is 1.36. The van der Waals surface area contributed by atoms with E-state index in [0.717, 1.165) is 17.8 Å². The van der Waals surface area contributed by atoms with Gasteiger partial charge in [-0.25, -0.2) is 4.68 Å². The zero-order valence-corrected chi connectivity index (χ0v) is 15.3. The van der Waals surface area contributed by atoms with Crippen LogP contribution in [-0.2, 0) is 16.0 Å². The molecule has 2 aliphatic heterocycles. The highest BCUT2D eigenvalue weighted by Gasteiger charge is 2.46. The minimum atomic E-state index is -0.456. The number of piperazine rings is 1. The van der Waals surface area contributed by atoms with Crippen molar-refractivity contribution in [2.24, 2.45) is 0 Å². The van der Waals surface area contributed by atoms with Crippen molar-refractivity contribution < 1.29 is 9.59 Å². The van der Waals surface area contributed by atoms with Crippen molar-refractivity contribution in [2.45, 2.75) is 24.8 Å². The van der Waals surface area contributed by atoms with Gasteiger partial charge in [-0.3, -0.25) is 14.5 Å². The van der Waals surface area contributed by atoms with Crippen molar-refractivity contribution in [3.63, 3.8) is 0 Å². The summed E-state index contributed by atoms with van der Waals surface area (Å²) in [6, 6.07) is 7.63. The molecule has 27 heavy (non-hydrogen) atoms. The van der Waals surface area contributed by atoms with Gasteiger partial charge in [0.2, 0.25) is 11.8 Å². The van der Waals surface area contributed by atoms with Crippen LogP contribution in [0.25, 0.3) is 5.69 Å². The van der Waals surface area contributed by atoms with E-state index in [0.29, 0.717) is 38.9 Å². The highest BCUT2D eigenvalue weighted by molar-refractivity contribution is 5.87. The maximum atomic E-state index is 12.7. The first-order valence-corrected chi connectivity index (χ1v) is 9.18. The van der Waals surface area contributed by atoms with E-state index in [-0.39, 0.29) is 11.8 Å². The Hall–Kier alpha value is -2.81. The van der Waals surface area contributed by atoms with Gasteiger partial charge in [0.15, 0.2) is 0 Å². The van der Waals surface area contributed by atoms with Crippen LogP contribution in [0.15, 0.2) is 30.6 Å². The zero-order valence-electron chi connectivity index (χ0n) is 15.3. The topological polar surface area (TPSA) is 96.2 Å². The fourth-order valence-electron chi connectivity index (χ4n) is 3.96. The number of amides is 2. The maximum Gasteiger partial charge on any atom is 0.240 e. The van der Waals surface area contributed by atoms with Gasteiger partial charge in [-0.05, 0) is 48.0 Å². The second kappa shape index (κ2) is 7.07. The molecule has 2 saturated heterocycles. The molecule has 4 rings (SSSR count). The average molecular weight is 369 g/mol. The smallest absolute Gasteiger partial charge is 0.240 e. The third kappa shape index (κ3) is 3.30. The molecule has 2 aromatic rings. The molecule has 2 fully saturated rings. The van der Waals surface area contributed by atoms with E-state index in [1.54, 1.807) is 4.68 Å². The summed E-state index contributed by atoms with van der Waals surface area (Å²) in [6.45, 7) is 2.77. The minimum absolute atomic E-state index is 0.0962. The monoisotopic (exact) mass is 369 g/mol. The number of hydrogen-bond acceptors (Lipinski definition) is 6. The maximum absolute atomic E-state index is 12.7. The Kier molecular flexibility index (Phi) is 4.61. The first-order chi connectivity index (χ1) is 13.1. The van der Waals surface area contributed by atoms with Crippen molar-refractivity contribution in [3.05, 3.63) is 36.2 Å². The number of nitrogens with one attached hydrogen (secondary N) is 1. The molecule has 2 aliphatic rings. The van der Waals surface area contributed by atoms with Crippen molar-refractivity contribution in [1.29, 1.82) is 0 Å². The van der Waals surface area contributed by atoms with Gasteiger partial charge in [0.05, 0.1) is 12.1 Å². The summed E-state index contributed by atoms with van der Waals surface area (Å²) in [4.78, 5) is 29.1. The quantitative estimate of drug-likeness (QED) is 0.793. The van der Waals surface area contributed by atoms with Crippen LogP contribution >= 0.6 is 0 Å². The summed E-state index contributed by atoms with van der Waals surface area (Å²) in [5.74, 6) is 0.195. The lowest BCUT2D eigenvalue weighted by Crippen LogP contribution is -2.67. The SMILES string of the molecule is CN1CCNC(=O)C12CCN(C(=O)Cc1ccc(-n3cnnn3)cc1)CC2. The Morgan fingerprint density at radius 1 is 1.19 bits per heavy atom. The van der Waals surface area contributed by atoms with Crippen molar-refractivity contribution in [1.82, 2.24) is 35.3 Å². The van der Waals surface area contributed by atoms with E-state index in [9.17, 15) is 9.59 Å². The molecule has 1 aromatic heterocycles. The molecule has 0 bridgehead atoms. The molecule has 1 aromatic carbocycles. The van der Waals surface area contributed by atoms with Crippen LogP contribution in [0.4, 0.5) is 0 Å². The van der Waals surface area contributed by atoms with Crippen LogP contribution in [0.5, 0.6) is 0 Å². The Morgan fingerprint density at radius 2 is 1.93 bits per heavy atom. The zero-order chi connectivity index (χ0) is 18.9. The number of tetrazole rings is 1. The predicted molar refractivity (Wildman–Crippen MR) is 97.0 cm³/mol. The number of carbonyl (C=O) groups is 2. The Labute approximate surface area is 157 Å². The predicted octanol–water partition coefficient (Wildman–Crippen LogP) is -0.372. The molecule has 1 spiro atoms. The number of rotatable bonds is 3. The number of likely N-dealkylation sites (N-methyl/N-ethyl adjacent to an activating group) is 1. The number of likely N-dealkylation sites (tertiary alicyclic amines) is 1. The fraction of sp³-hybridized carbons (Fsp3) is 0.500. The summed E-state index contributed by atoms with van der Waals surface area (Å²) in [5.41, 5.74) is 1.34. The highest BCUT2D eigenvalue weighted by atomic mass is 16.2. The van der Waals surface area contributed by atoms with E-state index in [4.69, 9.17) is 0 Å². The molecule has 1 N–H and O–H groups in total. The van der Waals surface area contributed by atoms with E-state index in [1.807, 2.05) is 36.2 Å². The van der Waals surface area contributed by atoms with Gasteiger partial charge in [0.1, 0.15) is 11.9 Å². The Morgan fingerprint density at radius 3 is 2.56 bits per heavy atom. The molecule has 0 atom stereocenters. The second-order valence-corrected chi connectivity index (χ2v) is 7.19. The fourth-order valence-corrected chi connectivity index (χ4v) is 3.96. The number of benzene rings is 1. The second-order valence-electron chi connectivity index (χ2n) is 7.19.